The van der Waals surface area contributed by atoms with Crippen LogP contribution >= 0.6 is 0 Å². The Hall–Kier alpha value is -3.55. The second-order valence-corrected chi connectivity index (χ2v) is 7.85. The molecule has 178 valence electrons. The van der Waals surface area contributed by atoms with Crippen LogP contribution in [0.5, 0.6) is 11.5 Å². The molecule has 0 aliphatic rings. The topological polar surface area (TPSA) is 103 Å². The van der Waals surface area contributed by atoms with Crippen LogP contribution < -0.4 is 20.1 Å². The molecule has 0 heterocycles. The summed E-state index contributed by atoms with van der Waals surface area (Å²) in [4.78, 5) is 36.9. The zero-order chi connectivity index (χ0) is 24.2. The molecule has 0 saturated carbocycles. The Morgan fingerprint density at radius 3 is 2.21 bits per heavy atom. The molecule has 8 heteroatoms. The van der Waals surface area contributed by atoms with Crippen molar-refractivity contribution in [3.05, 3.63) is 59.7 Å². The molecule has 2 N–H and O–H groups in total. The van der Waals surface area contributed by atoms with Gasteiger partial charge in [0, 0.05) is 6.54 Å². The summed E-state index contributed by atoms with van der Waals surface area (Å²) in [5, 5.41) is 5.42. The van der Waals surface area contributed by atoms with Gasteiger partial charge in [-0.25, -0.2) is 4.79 Å². The third kappa shape index (κ3) is 8.48. The van der Waals surface area contributed by atoms with Crippen LogP contribution in [0, 0.1) is 5.92 Å². The van der Waals surface area contributed by atoms with Gasteiger partial charge >= 0.3 is 5.97 Å². The predicted molar refractivity (Wildman–Crippen MR) is 124 cm³/mol. The van der Waals surface area contributed by atoms with E-state index in [9.17, 15) is 14.4 Å². The second-order valence-electron chi connectivity index (χ2n) is 7.85. The number of amides is 2. The van der Waals surface area contributed by atoms with E-state index < -0.39 is 24.5 Å². The highest BCUT2D eigenvalue weighted by Gasteiger charge is 2.26. The minimum absolute atomic E-state index is 0.161. The van der Waals surface area contributed by atoms with E-state index in [2.05, 4.69) is 10.6 Å². The van der Waals surface area contributed by atoms with Crippen LogP contribution in [0.3, 0.4) is 0 Å². The van der Waals surface area contributed by atoms with Gasteiger partial charge in [0.05, 0.1) is 20.6 Å². The van der Waals surface area contributed by atoms with E-state index in [1.54, 1.807) is 34.1 Å². The van der Waals surface area contributed by atoms with Gasteiger partial charge in [0.15, 0.2) is 18.1 Å². The van der Waals surface area contributed by atoms with E-state index in [-0.39, 0.29) is 18.2 Å². The fourth-order valence-corrected chi connectivity index (χ4v) is 3.16. The van der Waals surface area contributed by atoms with Gasteiger partial charge in [0.25, 0.3) is 5.91 Å². The number of ether oxygens (including phenoxy) is 3. The fourth-order valence-electron chi connectivity index (χ4n) is 3.16. The van der Waals surface area contributed by atoms with Crippen molar-refractivity contribution in [3.8, 4) is 11.5 Å². The predicted octanol–water partition coefficient (Wildman–Crippen LogP) is 2.29. The number of nitrogens with one attached hydrogen (secondary N) is 2. The summed E-state index contributed by atoms with van der Waals surface area (Å²) in [5.74, 6) is -0.276. The van der Waals surface area contributed by atoms with Crippen LogP contribution in [0.25, 0.3) is 0 Å². The summed E-state index contributed by atoms with van der Waals surface area (Å²) in [7, 11) is 3.13. The molecular formula is C25H32N2O6. The standard InChI is InChI=1S/C25H32N2O6/c1-17(2)24(27-22(28)15-18-8-6-5-7-9-18)25(30)33-16-23(29)26-13-12-19-10-11-20(31-3)21(14-19)32-4/h5-11,14,17,24H,12-13,15-16H2,1-4H3,(H,26,29)(H,27,28). The Balaban J connectivity index is 1.77. The SMILES string of the molecule is COc1ccc(CCNC(=O)COC(=O)C(NC(=O)Cc2ccccc2)C(C)C)cc1OC. The first-order chi connectivity index (χ1) is 15.8. The van der Waals surface area contributed by atoms with Crippen LogP contribution in [0.2, 0.25) is 0 Å². The minimum Gasteiger partial charge on any atom is -0.493 e. The second kappa shape index (κ2) is 13.1. The third-order valence-corrected chi connectivity index (χ3v) is 4.97. The maximum atomic E-state index is 12.5. The zero-order valence-electron chi connectivity index (χ0n) is 19.6. The Labute approximate surface area is 194 Å². The lowest BCUT2D eigenvalue weighted by Crippen LogP contribution is -2.46. The largest absolute Gasteiger partial charge is 0.493 e. The number of esters is 1. The van der Waals surface area contributed by atoms with E-state index in [1.807, 2.05) is 42.5 Å². The Morgan fingerprint density at radius 2 is 1.58 bits per heavy atom. The minimum atomic E-state index is -0.833. The van der Waals surface area contributed by atoms with E-state index >= 15 is 0 Å². The van der Waals surface area contributed by atoms with Crippen molar-refractivity contribution in [3.63, 3.8) is 0 Å². The average Bonchev–Trinajstić information content (AvgIpc) is 2.81. The number of benzene rings is 2. The first-order valence-electron chi connectivity index (χ1n) is 10.8. The monoisotopic (exact) mass is 456 g/mol. The normalized spacial score (nSPS) is 11.4. The van der Waals surface area contributed by atoms with E-state index in [0.29, 0.717) is 24.5 Å². The molecule has 2 rings (SSSR count). The van der Waals surface area contributed by atoms with Gasteiger partial charge in [0.2, 0.25) is 5.91 Å². The van der Waals surface area contributed by atoms with Crippen molar-refractivity contribution in [2.75, 3.05) is 27.4 Å². The maximum absolute atomic E-state index is 12.5. The Kier molecular flexibility index (Phi) is 10.2. The van der Waals surface area contributed by atoms with Crippen LogP contribution in [-0.4, -0.2) is 51.2 Å². The first kappa shape index (κ1) is 25.7. The number of rotatable bonds is 12. The molecular weight excluding hydrogens is 424 g/mol. The summed E-state index contributed by atoms with van der Waals surface area (Å²) in [6.07, 6.45) is 0.734. The average molecular weight is 457 g/mol. The molecule has 2 amide bonds. The third-order valence-electron chi connectivity index (χ3n) is 4.97. The highest BCUT2D eigenvalue weighted by molar-refractivity contribution is 5.87. The number of carbonyl (C=O) groups is 3. The van der Waals surface area contributed by atoms with E-state index in [4.69, 9.17) is 14.2 Å². The molecule has 8 nitrogen and oxygen atoms in total. The van der Waals surface area contributed by atoms with E-state index in [1.165, 1.54) is 0 Å². The Bertz CT molecular complexity index is 930. The highest BCUT2D eigenvalue weighted by atomic mass is 16.5. The lowest BCUT2D eigenvalue weighted by atomic mass is 10.0. The number of hydrogen-bond donors (Lipinski definition) is 2. The van der Waals surface area contributed by atoms with Crippen LogP contribution in [-0.2, 0) is 32.0 Å². The van der Waals surface area contributed by atoms with Gasteiger partial charge in [-0.15, -0.1) is 0 Å². The van der Waals surface area contributed by atoms with Crippen molar-refractivity contribution in [2.45, 2.75) is 32.7 Å². The zero-order valence-corrected chi connectivity index (χ0v) is 19.6. The van der Waals surface area contributed by atoms with Gasteiger partial charge < -0.3 is 24.8 Å². The summed E-state index contributed by atoms with van der Waals surface area (Å²) < 4.78 is 15.6. The maximum Gasteiger partial charge on any atom is 0.329 e. The fraction of sp³-hybridized carbons (Fsp3) is 0.400. The molecule has 2 aromatic carbocycles. The molecule has 0 fully saturated rings. The van der Waals surface area contributed by atoms with Crippen molar-refractivity contribution >= 4 is 17.8 Å². The summed E-state index contributed by atoms with van der Waals surface area (Å²) >= 11 is 0. The summed E-state index contributed by atoms with van der Waals surface area (Å²) in [6, 6.07) is 13.9. The number of carbonyl (C=O) groups excluding carboxylic acids is 3. The molecule has 1 unspecified atom stereocenters. The van der Waals surface area contributed by atoms with Crippen LogP contribution in [0.4, 0.5) is 0 Å². The number of hydrogen-bond acceptors (Lipinski definition) is 6. The van der Waals surface area contributed by atoms with Crippen molar-refractivity contribution in [1.82, 2.24) is 10.6 Å². The molecule has 2 aromatic rings. The highest BCUT2D eigenvalue weighted by Crippen LogP contribution is 2.27. The number of methoxy groups -OCH3 is 2. The van der Waals surface area contributed by atoms with Gasteiger partial charge in [-0.2, -0.15) is 0 Å². The summed E-state index contributed by atoms with van der Waals surface area (Å²) in [5.41, 5.74) is 1.81. The molecule has 0 aliphatic carbocycles. The van der Waals surface area contributed by atoms with Crippen LogP contribution in [0.15, 0.2) is 48.5 Å². The van der Waals surface area contributed by atoms with Crippen molar-refractivity contribution in [2.24, 2.45) is 5.92 Å². The summed E-state index contributed by atoms with van der Waals surface area (Å²) in [6.45, 7) is 3.56. The smallest absolute Gasteiger partial charge is 0.329 e. The van der Waals surface area contributed by atoms with Crippen molar-refractivity contribution < 1.29 is 28.6 Å². The van der Waals surface area contributed by atoms with Gasteiger partial charge in [-0.1, -0.05) is 50.2 Å². The molecule has 0 aromatic heterocycles. The van der Waals surface area contributed by atoms with E-state index in [0.717, 1.165) is 11.1 Å². The molecule has 33 heavy (non-hydrogen) atoms. The molecule has 0 aliphatic heterocycles. The molecule has 0 radical (unpaired) electrons. The van der Waals surface area contributed by atoms with Gasteiger partial charge in [-0.05, 0) is 35.6 Å². The van der Waals surface area contributed by atoms with Gasteiger partial charge in [-0.3, -0.25) is 9.59 Å². The molecule has 0 bridgehead atoms. The lowest BCUT2D eigenvalue weighted by molar-refractivity contribution is -0.152. The van der Waals surface area contributed by atoms with Crippen LogP contribution in [0.1, 0.15) is 25.0 Å². The van der Waals surface area contributed by atoms with Crippen molar-refractivity contribution in [1.29, 1.82) is 0 Å². The molecule has 0 saturated heterocycles. The Morgan fingerprint density at radius 1 is 0.879 bits per heavy atom. The molecule has 1 atom stereocenters. The van der Waals surface area contributed by atoms with Gasteiger partial charge in [0.1, 0.15) is 6.04 Å². The lowest BCUT2D eigenvalue weighted by Gasteiger charge is -2.20. The quantitative estimate of drug-likeness (QED) is 0.475. The first-order valence-corrected chi connectivity index (χ1v) is 10.8. The molecule has 0 spiro atoms.